The second-order valence-corrected chi connectivity index (χ2v) is 5.82. The maximum absolute atomic E-state index is 6.11. The molecule has 1 atom stereocenters. The lowest BCUT2D eigenvalue weighted by Crippen LogP contribution is -2.19. The van der Waals surface area contributed by atoms with E-state index in [1.165, 1.54) is 5.56 Å². The standard InChI is InChI=1S/C19H26N2O2/c1-14(20)12-16-4-3-5-19(21)18(16)10-11-23-13-15-6-8-17(22-2)9-7-15/h3-9,14H,10-13,20-21H2,1-2H3. The molecule has 124 valence electrons. The molecule has 0 heterocycles. The van der Waals surface area contributed by atoms with Crippen molar-refractivity contribution in [1.82, 2.24) is 0 Å². The van der Waals surface area contributed by atoms with Crippen molar-refractivity contribution in [2.24, 2.45) is 5.73 Å². The van der Waals surface area contributed by atoms with Crippen LogP contribution in [0.2, 0.25) is 0 Å². The molecular formula is C19H26N2O2. The van der Waals surface area contributed by atoms with E-state index in [2.05, 4.69) is 6.07 Å². The van der Waals surface area contributed by atoms with Crippen LogP contribution in [-0.2, 0) is 24.2 Å². The summed E-state index contributed by atoms with van der Waals surface area (Å²) < 4.78 is 10.9. The summed E-state index contributed by atoms with van der Waals surface area (Å²) in [7, 11) is 1.66. The molecule has 4 heteroatoms. The molecule has 0 aliphatic rings. The molecule has 0 amide bonds. The second-order valence-electron chi connectivity index (χ2n) is 5.82. The molecule has 0 aromatic heterocycles. The summed E-state index contributed by atoms with van der Waals surface area (Å²) in [5, 5.41) is 0. The van der Waals surface area contributed by atoms with Gasteiger partial charge in [0.05, 0.1) is 20.3 Å². The predicted molar refractivity (Wildman–Crippen MR) is 94.6 cm³/mol. The SMILES string of the molecule is COc1ccc(COCCc2c(N)cccc2CC(C)N)cc1. The topological polar surface area (TPSA) is 70.5 Å². The van der Waals surface area contributed by atoms with Gasteiger partial charge < -0.3 is 20.9 Å². The van der Waals surface area contributed by atoms with E-state index in [4.69, 9.17) is 20.9 Å². The fourth-order valence-corrected chi connectivity index (χ4v) is 2.58. The number of nitrogen functional groups attached to an aromatic ring is 1. The zero-order valence-corrected chi connectivity index (χ0v) is 13.9. The predicted octanol–water partition coefficient (Wildman–Crippen LogP) is 2.93. The molecule has 0 spiro atoms. The Hall–Kier alpha value is -2.04. The molecule has 0 aliphatic carbocycles. The maximum atomic E-state index is 6.11. The van der Waals surface area contributed by atoms with E-state index >= 15 is 0 Å². The smallest absolute Gasteiger partial charge is 0.118 e. The fraction of sp³-hybridized carbons (Fsp3) is 0.368. The average molecular weight is 314 g/mol. The average Bonchev–Trinajstić information content (AvgIpc) is 2.53. The van der Waals surface area contributed by atoms with Crippen LogP contribution in [0, 0.1) is 0 Å². The van der Waals surface area contributed by atoms with E-state index < -0.39 is 0 Å². The Morgan fingerprint density at radius 3 is 2.48 bits per heavy atom. The van der Waals surface area contributed by atoms with E-state index in [0.29, 0.717) is 13.2 Å². The van der Waals surface area contributed by atoms with Gasteiger partial charge in [0.1, 0.15) is 5.75 Å². The highest BCUT2D eigenvalue weighted by Crippen LogP contribution is 2.19. The molecule has 23 heavy (non-hydrogen) atoms. The lowest BCUT2D eigenvalue weighted by atomic mass is 9.98. The quantitative estimate of drug-likeness (QED) is 0.580. The van der Waals surface area contributed by atoms with Crippen LogP contribution in [0.1, 0.15) is 23.6 Å². The number of anilines is 1. The van der Waals surface area contributed by atoms with Crippen LogP contribution in [0.3, 0.4) is 0 Å². The van der Waals surface area contributed by atoms with Crippen molar-refractivity contribution in [2.75, 3.05) is 19.5 Å². The molecular weight excluding hydrogens is 288 g/mol. The molecule has 0 saturated carbocycles. The molecule has 0 bridgehead atoms. The number of rotatable bonds is 8. The first-order valence-corrected chi connectivity index (χ1v) is 7.92. The Balaban J connectivity index is 1.88. The summed E-state index contributed by atoms with van der Waals surface area (Å²) in [5.74, 6) is 0.853. The maximum Gasteiger partial charge on any atom is 0.118 e. The fourth-order valence-electron chi connectivity index (χ4n) is 2.58. The molecule has 1 unspecified atom stereocenters. The van der Waals surface area contributed by atoms with Gasteiger partial charge in [0.15, 0.2) is 0 Å². The van der Waals surface area contributed by atoms with Crippen LogP contribution in [0.4, 0.5) is 5.69 Å². The number of nitrogens with two attached hydrogens (primary N) is 2. The van der Waals surface area contributed by atoms with Crippen LogP contribution >= 0.6 is 0 Å². The number of ether oxygens (including phenoxy) is 2. The van der Waals surface area contributed by atoms with E-state index in [0.717, 1.165) is 35.4 Å². The van der Waals surface area contributed by atoms with Gasteiger partial charge >= 0.3 is 0 Å². The molecule has 4 nitrogen and oxygen atoms in total. The van der Waals surface area contributed by atoms with Gasteiger partial charge in [0, 0.05) is 11.7 Å². The number of benzene rings is 2. The van der Waals surface area contributed by atoms with Crippen molar-refractivity contribution in [2.45, 2.75) is 32.4 Å². The third kappa shape index (κ3) is 5.27. The molecule has 0 radical (unpaired) electrons. The Kier molecular flexibility index (Phi) is 6.44. The molecule has 4 N–H and O–H groups in total. The lowest BCUT2D eigenvalue weighted by Gasteiger charge is -2.14. The summed E-state index contributed by atoms with van der Waals surface area (Å²) >= 11 is 0. The Bertz CT molecular complexity index is 609. The van der Waals surface area contributed by atoms with Gasteiger partial charge in [-0.1, -0.05) is 24.3 Å². The Labute approximate surface area is 138 Å². The zero-order chi connectivity index (χ0) is 16.7. The van der Waals surface area contributed by atoms with Crippen molar-refractivity contribution in [3.05, 3.63) is 59.2 Å². The minimum atomic E-state index is 0.121. The first kappa shape index (κ1) is 17.3. The van der Waals surface area contributed by atoms with Gasteiger partial charge in [0.25, 0.3) is 0 Å². The first-order chi connectivity index (χ1) is 11.1. The van der Waals surface area contributed by atoms with Crippen molar-refractivity contribution in [3.63, 3.8) is 0 Å². The van der Waals surface area contributed by atoms with Gasteiger partial charge in [-0.05, 0) is 54.7 Å². The van der Waals surface area contributed by atoms with E-state index in [9.17, 15) is 0 Å². The third-order valence-corrected chi connectivity index (χ3v) is 3.78. The first-order valence-electron chi connectivity index (χ1n) is 7.92. The normalized spacial score (nSPS) is 12.1. The highest BCUT2D eigenvalue weighted by atomic mass is 16.5. The zero-order valence-electron chi connectivity index (χ0n) is 13.9. The van der Waals surface area contributed by atoms with Crippen molar-refractivity contribution >= 4 is 5.69 Å². The summed E-state index contributed by atoms with van der Waals surface area (Å²) in [6.45, 7) is 3.22. The van der Waals surface area contributed by atoms with Gasteiger partial charge in [0.2, 0.25) is 0 Å². The molecule has 2 rings (SSSR count). The Morgan fingerprint density at radius 2 is 1.83 bits per heavy atom. The number of hydrogen-bond donors (Lipinski definition) is 2. The molecule has 0 fully saturated rings. The minimum Gasteiger partial charge on any atom is -0.497 e. The van der Waals surface area contributed by atoms with Crippen LogP contribution in [0.5, 0.6) is 5.75 Å². The van der Waals surface area contributed by atoms with Crippen molar-refractivity contribution in [3.8, 4) is 5.75 Å². The molecule has 2 aromatic carbocycles. The monoisotopic (exact) mass is 314 g/mol. The lowest BCUT2D eigenvalue weighted by molar-refractivity contribution is 0.124. The van der Waals surface area contributed by atoms with Crippen LogP contribution in [0.25, 0.3) is 0 Å². The second kappa shape index (κ2) is 8.56. The van der Waals surface area contributed by atoms with E-state index in [1.807, 2.05) is 43.3 Å². The van der Waals surface area contributed by atoms with Crippen molar-refractivity contribution in [1.29, 1.82) is 0 Å². The summed E-state index contributed by atoms with van der Waals surface area (Å²) in [5.41, 5.74) is 16.3. The summed E-state index contributed by atoms with van der Waals surface area (Å²) in [6, 6.07) is 14.0. The Morgan fingerprint density at radius 1 is 1.09 bits per heavy atom. The van der Waals surface area contributed by atoms with Crippen LogP contribution in [-0.4, -0.2) is 19.8 Å². The largest absolute Gasteiger partial charge is 0.497 e. The van der Waals surface area contributed by atoms with Crippen molar-refractivity contribution < 1.29 is 9.47 Å². The van der Waals surface area contributed by atoms with Gasteiger partial charge in [-0.3, -0.25) is 0 Å². The number of methoxy groups -OCH3 is 1. The van der Waals surface area contributed by atoms with Gasteiger partial charge in [-0.2, -0.15) is 0 Å². The molecule has 0 saturated heterocycles. The highest BCUT2D eigenvalue weighted by Gasteiger charge is 2.08. The minimum absolute atomic E-state index is 0.121. The molecule has 0 aliphatic heterocycles. The third-order valence-electron chi connectivity index (χ3n) is 3.78. The summed E-state index contributed by atoms with van der Waals surface area (Å²) in [6.07, 6.45) is 1.63. The highest BCUT2D eigenvalue weighted by molar-refractivity contribution is 5.51. The van der Waals surface area contributed by atoms with Gasteiger partial charge in [-0.15, -0.1) is 0 Å². The van der Waals surface area contributed by atoms with E-state index in [1.54, 1.807) is 7.11 Å². The van der Waals surface area contributed by atoms with E-state index in [-0.39, 0.29) is 6.04 Å². The molecule has 2 aromatic rings. The summed E-state index contributed by atoms with van der Waals surface area (Å²) in [4.78, 5) is 0. The number of hydrogen-bond acceptors (Lipinski definition) is 4. The van der Waals surface area contributed by atoms with Crippen LogP contribution in [0.15, 0.2) is 42.5 Å². The van der Waals surface area contributed by atoms with Crippen LogP contribution < -0.4 is 16.2 Å². The van der Waals surface area contributed by atoms with Gasteiger partial charge in [-0.25, -0.2) is 0 Å².